The van der Waals surface area contributed by atoms with Gasteiger partial charge in [0.25, 0.3) is 0 Å². The molecule has 0 bridgehead atoms. The number of carbonyl (C=O) groups is 2. The van der Waals surface area contributed by atoms with Gasteiger partial charge in [-0.3, -0.25) is 4.90 Å². The third-order valence-electron chi connectivity index (χ3n) is 4.94. The molecule has 2 aliphatic rings. The minimum absolute atomic E-state index is 0.206. The van der Waals surface area contributed by atoms with Crippen LogP contribution in [-0.4, -0.2) is 83.3 Å². The molecule has 1 heterocycles. The second-order valence-corrected chi connectivity index (χ2v) is 7.14. The number of aliphatic carboxylic acids is 2. The molecule has 1 aliphatic heterocycles. The molecule has 4 rings (SSSR count). The maximum Gasteiger partial charge on any atom is 0.414 e. The highest BCUT2D eigenvalue weighted by atomic mass is 16.6. The van der Waals surface area contributed by atoms with Crippen molar-refractivity contribution in [1.29, 1.82) is 0 Å². The van der Waals surface area contributed by atoms with Crippen molar-refractivity contribution < 1.29 is 29.7 Å². The molecule has 1 fully saturated rings. The Morgan fingerprint density at radius 1 is 0.935 bits per heavy atom. The molecule has 0 aromatic heterocycles. The number of carboxylic acids is 2. The number of nitrogens with one attached hydrogen (secondary N) is 1. The first-order valence-electron chi connectivity index (χ1n) is 9.94. The first kappa shape index (κ1) is 22.4. The first-order chi connectivity index (χ1) is 15.0. The number of carboxylic acid groups (broad SMARTS) is 2. The van der Waals surface area contributed by atoms with E-state index in [1.807, 2.05) is 24.3 Å². The van der Waals surface area contributed by atoms with Crippen molar-refractivity contribution in [3.63, 3.8) is 0 Å². The first-order valence-corrected chi connectivity index (χ1v) is 9.94. The Kier molecular flexibility index (Phi) is 7.71. The molecule has 31 heavy (non-hydrogen) atoms. The summed E-state index contributed by atoms with van der Waals surface area (Å²) in [5, 5.41) is 32.7. The summed E-state index contributed by atoms with van der Waals surface area (Å²) in [5.74, 6) is -3.65. The molecule has 1 aliphatic carbocycles. The van der Waals surface area contributed by atoms with Crippen molar-refractivity contribution in [2.45, 2.75) is 6.10 Å². The number of aliphatic hydroxyl groups excluding tert-OH is 1. The monoisotopic (exact) mass is 427 g/mol. The van der Waals surface area contributed by atoms with Crippen LogP contribution < -0.4 is 5.32 Å². The lowest BCUT2D eigenvalue weighted by molar-refractivity contribution is -0.159. The third kappa shape index (κ3) is 5.88. The average molecular weight is 427 g/mol. The molecule has 0 spiro atoms. The zero-order chi connectivity index (χ0) is 22.2. The summed E-state index contributed by atoms with van der Waals surface area (Å²) in [6.45, 7) is 4.71. The van der Waals surface area contributed by atoms with Crippen LogP contribution in [-0.2, 0) is 14.4 Å². The number of hydrogen-bond donors (Lipinski definition) is 4. The number of hydrogen-bond acceptors (Lipinski definition) is 7. The van der Waals surface area contributed by atoms with Crippen LogP contribution >= 0.6 is 0 Å². The highest BCUT2D eigenvalue weighted by Gasteiger charge is 2.24. The summed E-state index contributed by atoms with van der Waals surface area (Å²) in [4.78, 5) is 26.0. The Hall–Kier alpha value is -3.27. The fraction of sp³-hybridized carbons (Fsp3) is 0.318. The summed E-state index contributed by atoms with van der Waals surface area (Å²) in [5.41, 5.74) is 5.38. The molecular formula is C22H25N3O6. The number of rotatable bonds is 5. The standard InChI is InChI=1S/C20H23N3O2.C2H2O4/c24-15(13-23-11-9-21-10-12-23)14-25-22-20-18-7-3-1-5-16(18)17-6-2-4-8-19(17)20;3-1(4)2(5)6/h1-8,15,21,24H,9-14H2;(H,3,4)(H,5,6). The Balaban J connectivity index is 0.000000401. The predicted octanol–water partition coefficient (Wildman–Crippen LogP) is 0.858. The van der Waals surface area contributed by atoms with Crippen molar-refractivity contribution >= 4 is 17.7 Å². The van der Waals surface area contributed by atoms with Crippen LogP contribution in [0, 0.1) is 0 Å². The number of nitrogens with zero attached hydrogens (tertiary/aromatic N) is 2. The van der Waals surface area contributed by atoms with E-state index in [0.29, 0.717) is 6.54 Å². The molecule has 2 aromatic carbocycles. The van der Waals surface area contributed by atoms with Crippen LogP contribution in [0.5, 0.6) is 0 Å². The molecule has 1 atom stereocenters. The van der Waals surface area contributed by atoms with Crippen molar-refractivity contribution in [2.75, 3.05) is 39.3 Å². The van der Waals surface area contributed by atoms with Gasteiger partial charge in [0.1, 0.15) is 18.4 Å². The van der Waals surface area contributed by atoms with E-state index in [1.165, 1.54) is 11.1 Å². The third-order valence-corrected chi connectivity index (χ3v) is 4.94. The van der Waals surface area contributed by atoms with Crippen LogP contribution in [0.3, 0.4) is 0 Å². The zero-order valence-electron chi connectivity index (χ0n) is 16.9. The van der Waals surface area contributed by atoms with Crippen molar-refractivity contribution in [3.8, 4) is 11.1 Å². The minimum atomic E-state index is -1.82. The van der Waals surface area contributed by atoms with Crippen molar-refractivity contribution in [1.82, 2.24) is 10.2 Å². The van der Waals surface area contributed by atoms with E-state index in [-0.39, 0.29) is 6.61 Å². The van der Waals surface area contributed by atoms with Crippen LogP contribution in [0.15, 0.2) is 53.7 Å². The van der Waals surface area contributed by atoms with Gasteiger partial charge in [0.15, 0.2) is 0 Å². The second kappa shape index (κ2) is 10.7. The fourth-order valence-corrected chi connectivity index (χ4v) is 3.52. The van der Waals surface area contributed by atoms with Crippen LogP contribution in [0.2, 0.25) is 0 Å². The van der Waals surface area contributed by atoms with Gasteiger partial charge in [-0.15, -0.1) is 0 Å². The maximum absolute atomic E-state index is 10.2. The van der Waals surface area contributed by atoms with E-state index >= 15 is 0 Å². The van der Waals surface area contributed by atoms with E-state index in [9.17, 15) is 5.11 Å². The normalized spacial score (nSPS) is 15.7. The van der Waals surface area contributed by atoms with E-state index in [0.717, 1.165) is 43.0 Å². The number of piperazine rings is 1. The Morgan fingerprint density at radius 3 is 1.90 bits per heavy atom. The smallest absolute Gasteiger partial charge is 0.414 e. The average Bonchev–Trinajstić information content (AvgIpc) is 3.09. The van der Waals surface area contributed by atoms with Crippen molar-refractivity contribution in [2.24, 2.45) is 5.16 Å². The Labute approximate surface area is 179 Å². The molecule has 1 saturated heterocycles. The summed E-state index contributed by atoms with van der Waals surface area (Å²) < 4.78 is 0. The van der Waals surface area contributed by atoms with E-state index in [1.54, 1.807) is 0 Å². The van der Waals surface area contributed by atoms with Crippen LogP contribution in [0.4, 0.5) is 0 Å². The van der Waals surface area contributed by atoms with E-state index in [2.05, 4.69) is 39.6 Å². The number of benzene rings is 2. The summed E-state index contributed by atoms with van der Waals surface area (Å²) in [6.07, 6.45) is -0.533. The highest BCUT2D eigenvalue weighted by molar-refractivity contribution is 6.27. The molecule has 1 unspecified atom stereocenters. The lowest BCUT2D eigenvalue weighted by atomic mass is 10.1. The molecule has 2 aromatic rings. The summed E-state index contributed by atoms with van der Waals surface area (Å²) in [6, 6.07) is 16.4. The molecule has 164 valence electrons. The molecule has 0 saturated carbocycles. The second-order valence-electron chi connectivity index (χ2n) is 7.14. The largest absolute Gasteiger partial charge is 0.473 e. The maximum atomic E-state index is 10.2. The van der Waals surface area contributed by atoms with Gasteiger partial charge in [0.2, 0.25) is 0 Å². The number of oxime groups is 1. The van der Waals surface area contributed by atoms with E-state index < -0.39 is 18.0 Å². The number of aliphatic hydroxyl groups is 1. The minimum Gasteiger partial charge on any atom is -0.473 e. The van der Waals surface area contributed by atoms with Crippen LogP contribution in [0.25, 0.3) is 11.1 Å². The Bertz CT molecular complexity index is 896. The highest BCUT2D eigenvalue weighted by Crippen LogP contribution is 2.36. The molecular weight excluding hydrogens is 402 g/mol. The fourth-order valence-electron chi connectivity index (χ4n) is 3.52. The topological polar surface area (TPSA) is 132 Å². The Morgan fingerprint density at radius 2 is 1.42 bits per heavy atom. The predicted molar refractivity (Wildman–Crippen MR) is 114 cm³/mol. The molecule has 9 heteroatoms. The van der Waals surface area contributed by atoms with Gasteiger partial charge in [-0.05, 0) is 11.1 Å². The lowest BCUT2D eigenvalue weighted by Gasteiger charge is -2.28. The summed E-state index contributed by atoms with van der Waals surface area (Å²) >= 11 is 0. The van der Waals surface area contributed by atoms with Gasteiger partial charge >= 0.3 is 11.9 Å². The quantitative estimate of drug-likeness (QED) is 0.348. The molecule has 0 amide bonds. The van der Waals surface area contributed by atoms with Gasteiger partial charge in [0, 0.05) is 43.9 Å². The zero-order valence-corrected chi connectivity index (χ0v) is 16.9. The summed E-state index contributed by atoms with van der Waals surface area (Å²) in [7, 11) is 0. The van der Waals surface area contributed by atoms with Crippen molar-refractivity contribution in [3.05, 3.63) is 59.7 Å². The van der Waals surface area contributed by atoms with E-state index in [4.69, 9.17) is 24.6 Å². The SMILES string of the molecule is O=C(O)C(=O)O.OC(CON=C1c2ccccc2-c2ccccc21)CN1CCNCC1. The number of β-amino-alcohol motifs (C(OH)–C–C–N with tert-alkyl or cyclic N) is 1. The van der Waals surface area contributed by atoms with Gasteiger partial charge < -0.3 is 25.5 Å². The molecule has 4 N–H and O–H groups in total. The van der Waals surface area contributed by atoms with Crippen LogP contribution in [0.1, 0.15) is 11.1 Å². The molecule has 0 radical (unpaired) electrons. The van der Waals surface area contributed by atoms with Gasteiger partial charge in [-0.2, -0.15) is 0 Å². The lowest BCUT2D eigenvalue weighted by Crippen LogP contribution is -2.46. The molecule has 9 nitrogen and oxygen atoms in total. The van der Waals surface area contributed by atoms with Gasteiger partial charge in [-0.25, -0.2) is 9.59 Å². The number of fused-ring (bicyclic) bond motifs is 3. The van der Waals surface area contributed by atoms with Gasteiger partial charge in [0.05, 0.1) is 0 Å². The van der Waals surface area contributed by atoms with Gasteiger partial charge in [-0.1, -0.05) is 53.7 Å².